The van der Waals surface area contributed by atoms with E-state index in [9.17, 15) is 10.2 Å². The first-order valence-corrected chi connectivity index (χ1v) is 16.4. The molecule has 3 atom stereocenters. The Labute approximate surface area is 258 Å². The van der Waals surface area contributed by atoms with Crippen LogP contribution in [0.4, 0.5) is 5.69 Å². The molecule has 0 radical (unpaired) electrons. The molecule has 0 bridgehead atoms. The number of nitrogens with two attached hydrogens (primary N) is 1. The molecule has 4 nitrogen and oxygen atoms in total. The fourth-order valence-corrected chi connectivity index (χ4v) is 6.13. The monoisotopic (exact) mass is 578 g/mol. The van der Waals surface area contributed by atoms with E-state index in [-0.39, 0.29) is 11.7 Å². The number of rotatable bonds is 11. The third-order valence-corrected chi connectivity index (χ3v) is 9.16. The zero-order chi connectivity index (χ0) is 31.9. The first-order chi connectivity index (χ1) is 20.0. The highest BCUT2D eigenvalue weighted by atomic mass is 16.3. The maximum Gasteiger partial charge on any atom is 0.115 e. The Morgan fingerprint density at radius 3 is 2.29 bits per heavy atom. The third kappa shape index (κ3) is 10.0. The predicted molar refractivity (Wildman–Crippen MR) is 186 cm³/mol. The lowest BCUT2D eigenvalue weighted by atomic mass is 9.73. The van der Waals surface area contributed by atoms with E-state index in [0.717, 1.165) is 59.5 Å². The molecule has 42 heavy (non-hydrogen) atoms. The van der Waals surface area contributed by atoms with Crippen molar-refractivity contribution < 1.29 is 10.2 Å². The summed E-state index contributed by atoms with van der Waals surface area (Å²) in [7, 11) is 0. The van der Waals surface area contributed by atoms with Gasteiger partial charge in [-0.3, -0.25) is 0 Å². The van der Waals surface area contributed by atoms with Crippen LogP contribution in [0.15, 0.2) is 54.8 Å². The molecule has 3 rings (SSSR count). The lowest BCUT2D eigenvalue weighted by Gasteiger charge is -2.41. The molecule has 0 aliphatic carbocycles. The van der Waals surface area contributed by atoms with Gasteiger partial charge in [-0.1, -0.05) is 118 Å². The van der Waals surface area contributed by atoms with Crippen molar-refractivity contribution in [3.63, 3.8) is 0 Å². The van der Waals surface area contributed by atoms with Crippen LogP contribution in [0, 0.1) is 24.2 Å². The van der Waals surface area contributed by atoms with Crippen molar-refractivity contribution in [1.82, 2.24) is 5.32 Å². The summed E-state index contributed by atoms with van der Waals surface area (Å²) in [4.78, 5) is 0. The number of hydrogen-bond acceptors (Lipinski definition) is 4. The SMILES string of the molecule is C=C/C(O)=C\c1cc(C)c(-c2ccc(C3(O)CNCCC3CCC)cc2)cc1N.CC.CCCC(CC)C(C)(C)CC. The van der Waals surface area contributed by atoms with E-state index in [2.05, 4.69) is 65.6 Å². The first kappa shape index (κ1) is 37.5. The summed E-state index contributed by atoms with van der Waals surface area (Å²) in [6, 6.07) is 12.1. The number of benzene rings is 2. The molecule has 3 unspecified atom stereocenters. The number of nitrogens with one attached hydrogen (secondary N) is 1. The Morgan fingerprint density at radius 2 is 1.76 bits per heavy atom. The Bertz CT molecular complexity index is 1100. The first-order valence-electron chi connectivity index (χ1n) is 16.4. The molecule has 1 heterocycles. The molecule has 0 spiro atoms. The van der Waals surface area contributed by atoms with E-state index in [1.165, 1.54) is 31.8 Å². The van der Waals surface area contributed by atoms with E-state index < -0.39 is 5.60 Å². The van der Waals surface area contributed by atoms with Gasteiger partial charge >= 0.3 is 0 Å². The van der Waals surface area contributed by atoms with Gasteiger partial charge in [-0.15, -0.1) is 0 Å². The highest BCUT2D eigenvalue weighted by Crippen LogP contribution is 2.38. The molecular formula is C38H62N2O2. The summed E-state index contributed by atoms with van der Waals surface area (Å²) < 4.78 is 0. The van der Waals surface area contributed by atoms with E-state index in [0.29, 0.717) is 17.6 Å². The van der Waals surface area contributed by atoms with Crippen molar-refractivity contribution in [3.8, 4) is 11.1 Å². The average molecular weight is 579 g/mol. The number of anilines is 1. The normalized spacial score (nSPS) is 19.6. The molecule has 2 aromatic carbocycles. The Balaban J connectivity index is 0.000000574. The van der Waals surface area contributed by atoms with Crippen LogP contribution in [-0.4, -0.2) is 23.3 Å². The summed E-state index contributed by atoms with van der Waals surface area (Å²) in [6.07, 6.45) is 11.5. The van der Waals surface area contributed by atoms with Crippen molar-refractivity contribution in [2.24, 2.45) is 17.3 Å². The molecule has 1 fully saturated rings. The molecule has 236 valence electrons. The van der Waals surface area contributed by atoms with Crippen molar-refractivity contribution in [1.29, 1.82) is 0 Å². The molecule has 5 N–H and O–H groups in total. The van der Waals surface area contributed by atoms with Crippen LogP contribution in [0.1, 0.15) is 117 Å². The number of aryl methyl sites for hydroxylation is 1. The van der Waals surface area contributed by atoms with Crippen LogP contribution in [-0.2, 0) is 5.60 Å². The van der Waals surface area contributed by atoms with Crippen LogP contribution in [0.2, 0.25) is 0 Å². The van der Waals surface area contributed by atoms with E-state index >= 15 is 0 Å². The maximum absolute atomic E-state index is 11.4. The fraction of sp³-hybridized carbons (Fsp3) is 0.579. The number of β-amino-alcohol motifs (C(OH)–C–C–N with tert-alkyl or cyclic N) is 1. The summed E-state index contributed by atoms with van der Waals surface area (Å²) >= 11 is 0. The van der Waals surface area contributed by atoms with Crippen LogP contribution in [0.3, 0.4) is 0 Å². The van der Waals surface area contributed by atoms with Gasteiger partial charge in [-0.2, -0.15) is 0 Å². The van der Waals surface area contributed by atoms with Gasteiger partial charge in [0.05, 0.1) is 0 Å². The van der Waals surface area contributed by atoms with Gasteiger partial charge < -0.3 is 21.3 Å². The second kappa shape index (κ2) is 18.2. The number of aliphatic hydroxyl groups excluding tert-OH is 1. The van der Waals surface area contributed by atoms with E-state index in [1.807, 2.05) is 45.0 Å². The number of allylic oxidation sites excluding steroid dienone is 1. The van der Waals surface area contributed by atoms with Gasteiger partial charge in [0.25, 0.3) is 0 Å². The molecular weight excluding hydrogens is 516 g/mol. The van der Waals surface area contributed by atoms with Gasteiger partial charge in [0.15, 0.2) is 0 Å². The van der Waals surface area contributed by atoms with Crippen LogP contribution in [0.25, 0.3) is 17.2 Å². The highest BCUT2D eigenvalue weighted by molar-refractivity contribution is 5.77. The number of piperidine rings is 1. The minimum absolute atomic E-state index is 0.0872. The van der Waals surface area contributed by atoms with Gasteiger partial charge in [-0.25, -0.2) is 0 Å². The lowest BCUT2D eigenvalue weighted by molar-refractivity contribution is -0.0454. The molecule has 1 saturated heterocycles. The highest BCUT2D eigenvalue weighted by Gasteiger charge is 2.39. The second-order valence-corrected chi connectivity index (χ2v) is 12.3. The zero-order valence-corrected chi connectivity index (χ0v) is 28.3. The largest absolute Gasteiger partial charge is 0.508 e. The topological polar surface area (TPSA) is 78.5 Å². The Hall–Kier alpha value is -2.56. The third-order valence-electron chi connectivity index (χ3n) is 9.16. The van der Waals surface area contributed by atoms with Gasteiger partial charge in [0, 0.05) is 17.8 Å². The van der Waals surface area contributed by atoms with Gasteiger partial charge in [-0.05, 0) is 90.1 Å². The fourth-order valence-electron chi connectivity index (χ4n) is 6.13. The molecule has 0 amide bonds. The van der Waals surface area contributed by atoms with Crippen molar-refractivity contribution in [3.05, 3.63) is 71.5 Å². The van der Waals surface area contributed by atoms with Crippen LogP contribution < -0.4 is 11.1 Å². The molecule has 4 heteroatoms. The molecule has 0 aromatic heterocycles. The van der Waals surface area contributed by atoms with E-state index in [1.54, 1.807) is 6.08 Å². The van der Waals surface area contributed by atoms with Crippen LogP contribution in [0.5, 0.6) is 0 Å². The quantitative estimate of drug-likeness (QED) is 0.121. The molecule has 1 aliphatic rings. The van der Waals surface area contributed by atoms with Gasteiger partial charge in [0.1, 0.15) is 11.4 Å². The molecule has 0 saturated carbocycles. The minimum Gasteiger partial charge on any atom is -0.508 e. The summed E-state index contributed by atoms with van der Waals surface area (Å²) in [6.45, 7) is 25.0. The number of hydrogen-bond donors (Lipinski definition) is 4. The van der Waals surface area contributed by atoms with Gasteiger partial charge in [0.2, 0.25) is 0 Å². The Morgan fingerprint density at radius 1 is 1.12 bits per heavy atom. The van der Waals surface area contributed by atoms with Crippen molar-refractivity contribution in [2.45, 2.75) is 113 Å². The number of aliphatic hydroxyl groups is 2. The van der Waals surface area contributed by atoms with Crippen molar-refractivity contribution in [2.75, 3.05) is 18.8 Å². The summed E-state index contributed by atoms with van der Waals surface area (Å²) in [5.74, 6) is 1.29. The predicted octanol–water partition coefficient (Wildman–Crippen LogP) is 10.2. The molecule has 2 aromatic rings. The van der Waals surface area contributed by atoms with Crippen LogP contribution >= 0.6 is 0 Å². The second-order valence-electron chi connectivity index (χ2n) is 12.3. The summed E-state index contributed by atoms with van der Waals surface area (Å²) in [5, 5.41) is 24.5. The maximum atomic E-state index is 11.4. The zero-order valence-electron chi connectivity index (χ0n) is 28.3. The molecule has 1 aliphatic heterocycles. The lowest BCUT2D eigenvalue weighted by Crippen LogP contribution is -2.49. The summed E-state index contributed by atoms with van der Waals surface area (Å²) in [5.41, 5.74) is 11.5. The number of nitrogen functional groups attached to an aromatic ring is 1. The smallest absolute Gasteiger partial charge is 0.115 e. The minimum atomic E-state index is -0.822. The van der Waals surface area contributed by atoms with E-state index in [4.69, 9.17) is 5.73 Å². The Kier molecular flexibility index (Phi) is 16.2. The van der Waals surface area contributed by atoms with Crippen molar-refractivity contribution >= 4 is 11.8 Å². The average Bonchev–Trinajstić information content (AvgIpc) is 3.00. The standard InChI is InChI=1S/C25H32N2O2.C11H24.C2H6/c1-4-6-20-11-12-27-16-25(20,29)21-9-7-18(8-10-21)23-15-24(26)19(13-17(23)3)14-22(28)5-2;1-6-9-10(7-2)11(4,5)8-3;1-2/h5,7-10,13-15,20,27-29H,2,4,6,11-12,16,26H2,1,3H3;10H,6-9H2,1-5H3;1-2H3/b22-14+;;.